The Bertz CT molecular complexity index is 2020. The highest BCUT2D eigenvalue weighted by molar-refractivity contribution is 7.07. The van der Waals surface area contributed by atoms with E-state index in [1.54, 1.807) is 23.6 Å². The third-order valence-electron chi connectivity index (χ3n) is 7.06. The van der Waals surface area contributed by atoms with Crippen LogP contribution in [0, 0.1) is 0 Å². The Kier molecular flexibility index (Phi) is 8.79. The fourth-order valence-electron chi connectivity index (χ4n) is 4.96. The number of fused-ring (bicyclic) bond motifs is 1. The summed E-state index contributed by atoms with van der Waals surface area (Å²) in [5.74, 6) is 0.173. The lowest BCUT2D eigenvalue weighted by Gasteiger charge is -2.25. The maximum Gasteiger partial charge on any atom is 0.338 e. The van der Waals surface area contributed by atoms with Crippen LogP contribution in [-0.4, -0.2) is 17.1 Å². The SMILES string of the molecule is CCOC(=O)C1=C(c2ccccc2)N=c2s/c(=C\c3ccc(OCc4ccc(Cl)cc4)cc3)c(=O)n2[C@@H]1c1ccc(Cl)cc1. The van der Waals surface area contributed by atoms with E-state index < -0.39 is 12.0 Å². The Morgan fingerprint density at radius 3 is 2.23 bits per heavy atom. The number of benzene rings is 4. The molecule has 0 bridgehead atoms. The molecule has 9 heteroatoms. The van der Waals surface area contributed by atoms with Crippen molar-refractivity contribution in [3.05, 3.63) is 161 Å². The molecule has 1 aliphatic rings. The number of hydrogen-bond donors (Lipinski definition) is 0. The summed E-state index contributed by atoms with van der Waals surface area (Å²) in [4.78, 5) is 32.9. The molecule has 44 heavy (non-hydrogen) atoms. The van der Waals surface area contributed by atoms with E-state index >= 15 is 0 Å². The van der Waals surface area contributed by atoms with Gasteiger partial charge in [-0.1, -0.05) is 101 Å². The molecule has 6 rings (SSSR count). The van der Waals surface area contributed by atoms with Crippen molar-refractivity contribution in [3.8, 4) is 5.75 Å². The molecular formula is C35H26Cl2N2O4S. The average Bonchev–Trinajstić information content (AvgIpc) is 3.35. The van der Waals surface area contributed by atoms with Gasteiger partial charge in [-0.15, -0.1) is 0 Å². The zero-order chi connectivity index (χ0) is 30.6. The van der Waals surface area contributed by atoms with Gasteiger partial charge in [-0.05, 0) is 66.1 Å². The highest BCUT2D eigenvalue weighted by atomic mass is 35.5. The molecule has 0 saturated heterocycles. The number of thiazole rings is 1. The molecular weight excluding hydrogens is 615 g/mol. The number of halogens is 2. The standard InChI is InChI=1S/C35H26Cl2N2O4S/c1-2-42-34(41)30-31(24-6-4-3-5-7-24)38-35-39(32(30)25-12-16-27(37)17-13-25)33(40)29(44-35)20-22-10-18-28(19-11-22)43-21-23-8-14-26(36)15-9-23/h3-20,32H,2,21H2,1H3/b29-20-/t32-/m1/s1. The quantitative estimate of drug-likeness (QED) is 0.175. The minimum atomic E-state index is -0.761. The monoisotopic (exact) mass is 640 g/mol. The highest BCUT2D eigenvalue weighted by Crippen LogP contribution is 2.35. The maximum atomic E-state index is 14.0. The Labute approximate surface area is 267 Å². The van der Waals surface area contributed by atoms with E-state index in [1.165, 1.54) is 11.3 Å². The van der Waals surface area contributed by atoms with Gasteiger partial charge in [-0.3, -0.25) is 9.36 Å². The average molecular weight is 642 g/mol. The fourth-order valence-corrected chi connectivity index (χ4v) is 6.21. The number of ether oxygens (including phenoxy) is 2. The number of nitrogens with zero attached hydrogens (tertiary/aromatic N) is 2. The van der Waals surface area contributed by atoms with Crippen molar-refractivity contribution in [1.82, 2.24) is 4.57 Å². The van der Waals surface area contributed by atoms with Gasteiger partial charge >= 0.3 is 5.97 Å². The summed E-state index contributed by atoms with van der Waals surface area (Å²) in [6.07, 6.45) is 1.82. The van der Waals surface area contributed by atoms with Gasteiger partial charge in [-0.2, -0.15) is 0 Å². The Morgan fingerprint density at radius 1 is 0.909 bits per heavy atom. The van der Waals surface area contributed by atoms with Crippen LogP contribution in [0.1, 0.15) is 35.2 Å². The molecule has 1 aliphatic heterocycles. The molecule has 0 radical (unpaired) electrons. The molecule has 0 spiro atoms. The van der Waals surface area contributed by atoms with Crippen molar-refractivity contribution >= 4 is 52.3 Å². The second-order valence-electron chi connectivity index (χ2n) is 9.97. The van der Waals surface area contributed by atoms with Crippen molar-refractivity contribution in [1.29, 1.82) is 0 Å². The van der Waals surface area contributed by atoms with Gasteiger partial charge in [-0.25, -0.2) is 9.79 Å². The van der Waals surface area contributed by atoms with Crippen LogP contribution < -0.4 is 19.6 Å². The summed E-state index contributed by atoms with van der Waals surface area (Å²) < 4.78 is 13.5. The Hall–Kier alpha value is -4.43. The van der Waals surface area contributed by atoms with E-state index in [1.807, 2.05) is 97.1 Å². The predicted octanol–water partition coefficient (Wildman–Crippen LogP) is 6.82. The van der Waals surface area contributed by atoms with Gasteiger partial charge in [0.15, 0.2) is 4.80 Å². The molecule has 0 amide bonds. The predicted molar refractivity (Wildman–Crippen MR) is 175 cm³/mol. The highest BCUT2D eigenvalue weighted by Gasteiger charge is 2.35. The van der Waals surface area contributed by atoms with E-state index in [0.29, 0.717) is 43.0 Å². The van der Waals surface area contributed by atoms with Gasteiger partial charge in [0, 0.05) is 15.6 Å². The van der Waals surface area contributed by atoms with Crippen molar-refractivity contribution in [3.63, 3.8) is 0 Å². The normalized spacial score (nSPS) is 14.6. The molecule has 2 heterocycles. The van der Waals surface area contributed by atoms with Crippen LogP contribution in [-0.2, 0) is 16.1 Å². The van der Waals surface area contributed by atoms with Crippen LogP contribution in [0.4, 0.5) is 0 Å². The largest absolute Gasteiger partial charge is 0.489 e. The third kappa shape index (κ3) is 6.26. The zero-order valence-corrected chi connectivity index (χ0v) is 25.9. The molecule has 5 aromatic rings. The number of rotatable bonds is 8. The van der Waals surface area contributed by atoms with Crippen molar-refractivity contribution in [2.24, 2.45) is 4.99 Å². The molecule has 1 aromatic heterocycles. The third-order valence-corrected chi connectivity index (χ3v) is 8.54. The number of aromatic nitrogens is 1. The summed E-state index contributed by atoms with van der Waals surface area (Å²) in [7, 11) is 0. The maximum absolute atomic E-state index is 14.0. The van der Waals surface area contributed by atoms with Gasteiger partial charge < -0.3 is 9.47 Å². The molecule has 220 valence electrons. The van der Waals surface area contributed by atoms with E-state index in [-0.39, 0.29) is 12.2 Å². The molecule has 0 unspecified atom stereocenters. The van der Waals surface area contributed by atoms with Gasteiger partial charge in [0.05, 0.1) is 28.5 Å². The van der Waals surface area contributed by atoms with E-state index in [0.717, 1.165) is 22.3 Å². The summed E-state index contributed by atoms with van der Waals surface area (Å²) in [6.45, 7) is 2.34. The van der Waals surface area contributed by atoms with Crippen LogP contribution in [0.25, 0.3) is 11.8 Å². The minimum Gasteiger partial charge on any atom is -0.489 e. The van der Waals surface area contributed by atoms with Crippen LogP contribution in [0.2, 0.25) is 10.0 Å². The Balaban J connectivity index is 1.42. The lowest BCUT2D eigenvalue weighted by atomic mass is 9.93. The summed E-state index contributed by atoms with van der Waals surface area (Å²) in [5.41, 5.74) is 3.81. The van der Waals surface area contributed by atoms with Crippen LogP contribution in [0.3, 0.4) is 0 Å². The smallest absolute Gasteiger partial charge is 0.338 e. The zero-order valence-electron chi connectivity index (χ0n) is 23.6. The number of carbonyl (C=O) groups excluding carboxylic acids is 1. The first kappa shape index (κ1) is 29.6. The van der Waals surface area contributed by atoms with Gasteiger partial charge in [0.1, 0.15) is 12.4 Å². The second kappa shape index (κ2) is 13.1. The first-order chi connectivity index (χ1) is 21.4. The van der Waals surface area contributed by atoms with Gasteiger partial charge in [0.25, 0.3) is 5.56 Å². The molecule has 0 N–H and O–H groups in total. The van der Waals surface area contributed by atoms with Crippen molar-refractivity contribution in [2.45, 2.75) is 19.6 Å². The first-order valence-electron chi connectivity index (χ1n) is 13.9. The van der Waals surface area contributed by atoms with E-state index in [4.69, 9.17) is 37.7 Å². The number of esters is 1. The lowest BCUT2D eigenvalue weighted by molar-refractivity contribution is -0.138. The topological polar surface area (TPSA) is 69.9 Å². The fraction of sp³-hybridized carbons (Fsp3) is 0.114. The summed E-state index contributed by atoms with van der Waals surface area (Å²) in [5, 5.41) is 1.22. The lowest BCUT2D eigenvalue weighted by Crippen LogP contribution is -2.40. The molecule has 4 aromatic carbocycles. The summed E-state index contributed by atoms with van der Waals surface area (Å²) >= 11 is 13.5. The van der Waals surface area contributed by atoms with Crippen LogP contribution in [0.5, 0.6) is 5.75 Å². The molecule has 0 fully saturated rings. The molecule has 6 nitrogen and oxygen atoms in total. The van der Waals surface area contributed by atoms with Gasteiger partial charge in [0.2, 0.25) is 0 Å². The summed E-state index contributed by atoms with van der Waals surface area (Å²) in [6, 6.07) is 30.8. The van der Waals surface area contributed by atoms with Crippen molar-refractivity contribution in [2.75, 3.05) is 6.61 Å². The molecule has 0 saturated carbocycles. The molecule has 1 atom stereocenters. The Morgan fingerprint density at radius 2 is 1.57 bits per heavy atom. The first-order valence-corrected chi connectivity index (χ1v) is 15.5. The van der Waals surface area contributed by atoms with Crippen molar-refractivity contribution < 1.29 is 14.3 Å². The molecule has 0 aliphatic carbocycles. The van der Waals surface area contributed by atoms with E-state index in [9.17, 15) is 9.59 Å². The number of hydrogen-bond acceptors (Lipinski definition) is 6. The van der Waals surface area contributed by atoms with E-state index in [2.05, 4.69) is 0 Å². The van der Waals surface area contributed by atoms with Crippen LogP contribution >= 0.6 is 34.5 Å². The second-order valence-corrected chi connectivity index (χ2v) is 11.8. The number of carbonyl (C=O) groups is 1. The minimum absolute atomic E-state index is 0.182. The van der Waals surface area contributed by atoms with Crippen LogP contribution in [0.15, 0.2) is 118 Å².